The topological polar surface area (TPSA) is 53.1 Å². The molecule has 0 unspecified atom stereocenters. The maximum absolute atomic E-state index is 5.95. The summed E-state index contributed by atoms with van der Waals surface area (Å²) in [4.78, 5) is 4.67. The molecule has 3 aromatic rings. The van der Waals surface area contributed by atoms with E-state index in [0.717, 1.165) is 28.8 Å². The van der Waals surface area contributed by atoms with Crippen molar-refractivity contribution in [1.29, 1.82) is 0 Å². The Hall–Kier alpha value is -2.49. The normalized spacial score (nSPS) is 10.9. The van der Waals surface area contributed by atoms with Gasteiger partial charge < -0.3 is 15.0 Å². The lowest BCUT2D eigenvalue weighted by molar-refractivity contribution is 0.417. The lowest BCUT2D eigenvalue weighted by Crippen LogP contribution is -2.00. The summed E-state index contributed by atoms with van der Waals surface area (Å²) in [7, 11) is 3.66. The van der Waals surface area contributed by atoms with E-state index in [0.29, 0.717) is 11.4 Å². The Labute approximate surface area is 117 Å². The van der Waals surface area contributed by atoms with Crippen molar-refractivity contribution >= 4 is 16.7 Å². The van der Waals surface area contributed by atoms with Gasteiger partial charge in [0.05, 0.1) is 23.8 Å². The monoisotopic (exact) mass is 267 g/mol. The third kappa shape index (κ3) is 2.09. The molecule has 0 aliphatic carbocycles. The Balaban J connectivity index is 1.97. The van der Waals surface area contributed by atoms with Crippen LogP contribution in [-0.4, -0.2) is 16.7 Å². The van der Waals surface area contributed by atoms with E-state index in [9.17, 15) is 0 Å². The van der Waals surface area contributed by atoms with E-state index in [1.54, 1.807) is 7.11 Å². The third-order valence-electron chi connectivity index (χ3n) is 3.54. The minimum Gasteiger partial charge on any atom is -0.495 e. The van der Waals surface area contributed by atoms with E-state index in [1.165, 1.54) is 0 Å². The van der Waals surface area contributed by atoms with Crippen LogP contribution < -0.4 is 10.5 Å². The van der Waals surface area contributed by atoms with Crippen LogP contribution in [0.5, 0.6) is 5.75 Å². The van der Waals surface area contributed by atoms with Crippen LogP contribution in [0.25, 0.3) is 11.0 Å². The predicted molar refractivity (Wildman–Crippen MR) is 80.9 cm³/mol. The highest BCUT2D eigenvalue weighted by atomic mass is 16.5. The van der Waals surface area contributed by atoms with Crippen molar-refractivity contribution in [2.75, 3.05) is 12.8 Å². The fourth-order valence-electron chi connectivity index (χ4n) is 2.43. The number of aryl methyl sites for hydroxylation is 1. The number of fused-ring (bicyclic) bond motifs is 1. The van der Waals surface area contributed by atoms with E-state index in [-0.39, 0.29) is 0 Å². The van der Waals surface area contributed by atoms with Gasteiger partial charge in [-0.1, -0.05) is 18.2 Å². The van der Waals surface area contributed by atoms with Crippen molar-refractivity contribution in [3.05, 3.63) is 53.9 Å². The van der Waals surface area contributed by atoms with Crippen molar-refractivity contribution < 1.29 is 4.74 Å². The van der Waals surface area contributed by atoms with E-state index in [1.807, 2.05) is 43.4 Å². The second-order valence-electron chi connectivity index (χ2n) is 4.83. The van der Waals surface area contributed by atoms with Gasteiger partial charge in [-0.05, 0) is 29.8 Å². The molecule has 0 amide bonds. The molecule has 4 heteroatoms. The first-order valence-corrected chi connectivity index (χ1v) is 6.52. The Morgan fingerprint density at radius 2 is 2.00 bits per heavy atom. The number of ether oxygens (including phenoxy) is 1. The number of hydrogen-bond acceptors (Lipinski definition) is 3. The van der Waals surface area contributed by atoms with Crippen LogP contribution in [-0.2, 0) is 13.5 Å². The van der Waals surface area contributed by atoms with Crippen LogP contribution in [0, 0.1) is 0 Å². The summed E-state index contributed by atoms with van der Waals surface area (Å²) < 4.78 is 7.30. The molecule has 0 bridgehead atoms. The second kappa shape index (κ2) is 4.89. The SMILES string of the molecule is COc1ccc(Cc2nc3ccccc3n2C)cc1N. The molecule has 1 heterocycles. The molecule has 0 saturated heterocycles. The average molecular weight is 267 g/mol. The Morgan fingerprint density at radius 3 is 2.70 bits per heavy atom. The highest BCUT2D eigenvalue weighted by Crippen LogP contribution is 2.24. The molecule has 0 fully saturated rings. The highest BCUT2D eigenvalue weighted by Gasteiger charge is 2.09. The standard InChI is InChI=1S/C16H17N3O/c1-19-14-6-4-3-5-13(14)18-16(19)10-11-7-8-15(20-2)12(17)9-11/h3-9H,10,17H2,1-2H3. The number of hydrogen-bond donors (Lipinski definition) is 1. The van der Waals surface area contributed by atoms with Crippen molar-refractivity contribution in [3.63, 3.8) is 0 Å². The molecule has 102 valence electrons. The van der Waals surface area contributed by atoms with Gasteiger partial charge in [0.25, 0.3) is 0 Å². The van der Waals surface area contributed by atoms with Crippen molar-refractivity contribution in [1.82, 2.24) is 9.55 Å². The lowest BCUT2D eigenvalue weighted by atomic mass is 10.1. The summed E-state index contributed by atoms with van der Waals surface area (Å²) in [6, 6.07) is 14.0. The summed E-state index contributed by atoms with van der Waals surface area (Å²) in [5.74, 6) is 1.73. The molecular formula is C16H17N3O. The number of benzene rings is 2. The Kier molecular flexibility index (Phi) is 3.06. The largest absolute Gasteiger partial charge is 0.495 e. The average Bonchev–Trinajstić information content (AvgIpc) is 2.76. The van der Waals surface area contributed by atoms with Gasteiger partial charge in [-0.2, -0.15) is 0 Å². The summed E-state index contributed by atoms with van der Waals surface area (Å²) >= 11 is 0. The number of nitrogens with zero attached hydrogens (tertiary/aromatic N) is 2. The van der Waals surface area contributed by atoms with Gasteiger partial charge in [0.2, 0.25) is 0 Å². The maximum atomic E-state index is 5.95. The van der Waals surface area contributed by atoms with Crippen LogP contribution >= 0.6 is 0 Å². The summed E-state index contributed by atoms with van der Waals surface area (Å²) in [5.41, 5.74) is 9.89. The summed E-state index contributed by atoms with van der Waals surface area (Å²) in [6.45, 7) is 0. The fourth-order valence-corrected chi connectivity index (χ4v) is 2.43. The first kappa shape index (κ1) is 12.5. The minimum absolute atomic E-state index is 0.656. The van der Waals surface area contributed by atoms with Crippen LogP contribution in [0.1, 0.15) is 11.4 Å². The minimum atomic E-state index is 0.656. The summed E-state index contributed by atoms with van der Waals surface area (Å²) in [6.07, 6.45) is 0.749. The fraction of sp³-hybridized carbons (Fsp3) is 0.188. The first-order chi connectivity index (χ1) is 9.69. The van der Waals surface area contributed by atoms with Gasteiger partial charge >= 0.3 is 0 Å². The van der Waals surface area contributed by atoms with E-state index in [2.05, 4.69) is 15.6 Å². The number of para-hydroxylation sites is 2. The summed E-state index contributed by atoms with van der Waals surface area (Å²) in [5, 5.41) is 0. The lowest BCUT2D eigenvalue weighted by Gasteiger charge is -2.07. The predicted octanol–water partition coefficient (Wildman–Crippen LogP) is 2.75. The molecule has 20 heavy (non-hydrogen) atoms. The number of methoxy groups -OCH3 is 1. The van der Waals surface area contributed by atoms with Crippen LogP contribution in [0.4, 0.5) is 5.69 Å². The molecule has 0 radical (unpaired) electrons. The molecule has 0 atom stereocenters. The Morgan fingerprint density at radius 1 is 1.20 bits per heavy atom. The van der Waals surface area contributed by atoms with E-state index >= 15 is 0 Å². The number of nitrogen functional groups attached to an aromatic ring is 1. The van der Waals surface area contributed by atoms with Crippen molar-refractivity contribution in [2.45, 2.75) is 6.42 Å². The van der Waals surface area contributed by atoms with Gasteiger partial charge in [0, 0.05) is 13.5 Å². The molecule has 4 nitrogen and oxygen atoms in total. The van der Waals surface area contributed by atoms with Gasteiger partial charge in [-0.25, -0.2) is 4.98 Å². The van der Waals surface area contributed by atoms with Gasteiger partial charge in [0.1, 0.15) is 11.6 Å². The zero-order chi connectivity index (χ0) is 14.1. The second-order valence-corrected chi connectivity index (χ2v) is 4.83. The Bertz CT molecular complexity index is 762. The molecular weight excluding hydrogens is 250 g/mol. The first-order valence-electron chi connectivity index (χ1n) is 6.52. The molecule has 0 spiro atoms. The quantitative estimate of drug-likeness (QED) is 0.742. The number of nitrogens with two attached hydrogens (primary N) is 1. The van der Waals surface area contributed by atoms with Gasteiger partial charge in [0.15, 0.2) is 0 Å². The van der Waals surface area contributed by atoms with Crippen LogP contribution in [0.2, 0.25) is 0 Å². The molecule has 0 aliphatic heterocycles. The number of aromatic nitrogens is 2. The molecule has 0 aliphatic rings. The van der Waals surface area contributed by atoms with Crippen molar-refractivity contribution in [2.24, 2.45) is 7.05 Å². The molecule has 2 N–H and O–H groups in total. The smallest absolute Gasteiger partial charge is 0.141 e. The maximum Gasteiger partial charge on any atom is 0.141 e. The van der Waals surface area contributed by atoms with Gasteiger partial charge in [-0.15, -0.1) is 0 Å². The van der Waals surface area contributed by atoms with Gasteiger partial charge in [-0.3, -0.25) is 0 Å². The molecule has 1 aromatic heterocycles. The molecule has 0 saturated carbocycles. The number of anilines is 1. The zero-order valence-electron chi connectivity index (χ0n) is 11.6. The van der Waals surface area contributed by atoms with Crippen molar-refractivity contribution in [3.8, 4) is 5.75 Å². The highest BCUT2D eigenvalue weighted by molar-refractivity contribution is 5.75. The van der Waals surface area contributed by atoms with E-state index in [4.69, 9.17) is 10.5 Å². The zero-order valence-corrected chi connectivity index (χ0v) is 11.6. The van der Waals surface area contributed by atoms with Crippen LogP contribution in [0.15, 0.2) is 42.5 Å². The third-order valence-corrected chi connectivity index (χ3v) is 3.54. The number of imidazole rings is 1. The molecule has 2 aromatic carbocycles. The van der Waals surface area contributed by atoms with E-state index < -0.39 is 0 Å². The van der Waals surface area contributed by atoms with Crippen LogP contribution in [0.3, 0.4) is 0 Å². The molecule has 3 rings (SSSR count). The number of rotatable bonds is 3.